The summed E-state index contributed by atoms with van der Waals surface area (Å²) in [5.74, 6) is 0.762. The third kappa shape index (κ3) is 4.21. The van der Waals surface area contributed by atoms with Gasteiger partial charge in [0.2, 0.25) is 6.79 Å². The van der Waals surface area contributed by atoms with Crippen LogP contribution in [0.15, 0.2) is 72.8 Å². The highest BCUT2D eigenvalue weighted by molar-refractivity contribution is 6.14. The molecule has 0 bridgehead atoms. The van der Waals surface area contributed by atoms with Crippen molar-refractivity contribution in [2.45, 2.75) is 13.5 Å². The number of rotatable bonds is 5. The van der Waals surface area contributed by atoms with Crippen LogP contribution < -0.4 is 20.1 Å². The zero-order valence-corrected chi connectivity index (χ0v) is 17.9. The number of benzene rings is 3. The average molecular weight is 439 g/mol. The van der Waals surface area contributed by atoms with Crippen LogP contribution in [0.25, 0.3) is 10.9 Å². The Morgan fingerprint density at radius 2 is 1.67 bits per heavy atom. The van der Waals surface area contributed by atoms with Crippen LogP contribution >= 0.6 is 0 Å². The molecule has 0 spiro atoms. The molecule has 1 aliphatic rings. The van der Waals surface area contributed by atoms with Crippen LogP contribution in [-0.4, -0.2) is 23.6 Å². The smallest absolute Gasteiger partial charge is 0.256 e. The first-order chi connectivity index (χ1) is 16.1. The molecule has 1 aliphatic heterocycles. The molecule has 0 radical (unpaired) electrons. The SMILES string of the molecule is Cc1cc(C(=O)Nc2ccccc2C(=O)NCc2ccc3c(c2)OCO3)c2ccccc2n1. The van der Waals surface area contributed by atoms with Gasteiger partial charge in [0.25, 0.3) is 11.8 Å². The number of amides is 2. The lowest BCUT2D eigenvalue weighted by atomic mass is 10.1. The minimum absolute atomic E-state index is 0.199. The first-order valence-corrected chi connectivity index (χ1v) is 10.5. The molecule has 7 heteroatoms. The lowest BCUT2D eigenvalue weighted by Gasteiger charge is -2.13. The highest BCUT2D eigenvalue weighted by Gasteiger charge is 2.17. The fourth-order valence-electron chi connectivity index (χ4n) is 3.80. The maximum absolute atomic E-state index is 13.1. The van der Waals surface area contributed by atoms with E-state index < -0.39 is 0 Å². The molecule has 0 aliphatic carbocycles. The summed E-state index contributed by atoms with van der Waals surface area (Å²) in [5.41, 5.74) is 3.69. The zero-order chi connectivity index (χ0) is 22.8. The number of anilines is 1. The minimum atomic E-state index is -0.298. The highest BCUT2D eigenvalue weighted by Crippen LogP contribution is 2.32. The molecule has 0 unspecified atom stereocenters. The standard InChI is InChI=1S/C26H21N3O4/c1-16-12-20(18-6-2-4-8-21(18)28-16)26(31)29-22-9-5-3-7-19(22)25(30)27-14-17-10-11-23-24(13-17)33-15-32-23/h2-13H,14-15H2,1H3,(H,27,30)(H,29,31). The third-order valence-corrected chi connectivity index (χ3v) is 5.40. The number of hydrogen-bond donors (Lipinski definition) is 2. The first-order valence-electron chi connectivity index (χ1n) is 10.5. The number of aromatic nitrogens is 1. The van der Waals surface area contributed by atoms with Crippen molar-refractivity contribution in [3.63, 3.8) is 0 Å². The fourth-order valence-corrected chi connectivity index (χ4v) is 3.80. The summed E-state index contributed by atoms with van der Waals surface area (Å²) in [6.07, 6.45) is 0. The molecule has 5 rings (SSSR count). The first kappa shape index (κ1) is 20.5. The Kier molecular flexibility index (Phi) is 5.36. The van der Waals surface area contributed by atoms with E-state index in [4.69, 9.17) is 9.47 Å². The summed E-state index contributed by atoms with van der Waals surface area (Å²) in [6, 6.07) is 21.7. The number of carbonyl (C=O) groups excluding carboxylic acids is 2. The van der Waals surface area contributed by atoms with Gasteiger partial charge in [0, 0.05) is 17.6 Å². The van der Waals surface area contributed by atoms with Gasteiger partial charge in [-0.1, -0.05) is 36.4 Å². The van der Waals surface area contributed by atoms with Crippen LogP contribution in [0.1, 0.15) is 32.0 Å². The van der Waals surface area contributed by atoms with E-state index in [-0.39, 0.29) is 18.6 Å². The second-order valence-corrected chi connectivity index (χ2v) is 7.70. The Morgan fingerprint density at radius 1 is 0.879 bits per heavy atom. The molecule has 2 heterocycles. The van der Waals surface area contributed by atoms with Crippen LogP contribution in [0.2, 0.25) is 0 Å². The number of carbonyl (C=O) groups is 2. The second-order valence-electron chi connectivity index (χ2n) is 7.70. The molecule has 0 fully saturated rings. The molecule has 3 aromatic carbocycles. The molecule has 33 heavy (non-hydrogen) atoms. The van der Waals surface area contributed by atoms with E-state index in [1.807, 2.05) is 49.4 Å². The van der Waals surface area contributed by atoms with Crippen molar-refractivity contribution in [3.05, 3.63) is 95.2 Å². The fraction of sp³-hybridized carbons (Fsp3) is 0.115. The summed E-state index contributed by atoms with van der Waals surface area (Å²) in [5, 5.41) is 6.55. The van der Waals surface area contributed by atoms with E-state index in [9.17, 15) is 9.59 Å². The van der Waals surface area contributed by atoms with Crippen molar-refractivity contribution >= 4 is 28.4 Å². The number of fused-ring (bicyclic) bond motifs is 2. The summed E-state index contributed by atoms with van der Waals surface area (Å²) in [4.78, 5) is 30.6. The zero-order valence-electron chi connectivity index (χ0n) is 17.9. The predicted molar refractivity (Wildman–Crippen MR) is 125 cm³/mol. The van der Waals surface area contributed by atoms with Crippen LogP contribution in [0, 0.1) is 6.92 Å². The summed E-state index contributed by atoms with van der Waals surface area (Å²) < 4.78 is 10.7. The minimum Gasteiger partial charge on any atom is -0.454 e. The van der Waals surface area contributed by atoms with E-state index in [1.165, 1.54) is 0 Å². The van der Waals surface area contributed by atoms with Crippen LogP contribution in [0.4, 0.5) is 5.69 Å². The number of pyridine rings is 1. The average Bonchev–Trinajstić information content (AvgIpc) is 3.30. The largest absolute Gasteiger partial charge is 0.454 e. The third-order valence-electron chi connectivity index (χ3n) is 5.40. The lowest BCUT2D eigenvalue weighted by Crippen LogP contribution is -2.25. The van der Waals surface area contributed by atoms with E-state index in [0.29, 0.717) is 34.9 Å². The Morgan fingerprint density at radius 3 is 2.58 bits per heavy atom. The summed E-state index contributed by atoms with van der Waals surface area (Å²) in [7, 11) is 0. The Balaban J connectivity index is 1.35. The van der Waals surface area contributed by atoms with E-state index in [0.717, 1.165) is 22.2 Å². The number of nitrogens with one attached hydrogen (secondary N) is 2. The molecule has 0 atom stereocenters. The van der Waals surface area contributed by atoms with Crippen LogP contribution in [0.5, 0.6) is 11.5 Å². The number of para-hydroxylation sites is 2. The molecular formula is C26H21N3O4. The number of nitrogens with zero attached hydrogens (tertiary/aromatic N) is 1. The lowest BCUT2D eigenvalue weighted by molar-refractivity contribution is 0.0951. The quantitative estimate of drug-likeness (QED) is 0.479. The summed E-state index contributed by atoms with van der Waals surface area (Å²) in [6.45, 7) is 2.36. The predicted octanol–water partition coefficient (Wildman–Crippen LogP) is 4.45. The molecule has 2 N–H and O–H groups in total. The van der Waals surface area contributed by atoms with E-state index in [1.54, 1.807) is 30.3 Å². The van der Waals surface area contributed by atoms with Gasteiger partial charge in [-0.25, -0.2) is 0 Å². The monoisotopic (exact) mass is 439 g/mol. The maximum Gasteiger partial charge on any atom is 0.256 e. The van der Waals surface area contributed by atoms with Gasteiger partial charge in [0.05, 0.1) is 22.3 Å². The van der Waals surface area contributed by atoms with Gasteiger partial charge in [-0.15, -0.1) is 0 Å². The van der Waals surface area contributed by atoms with Gasteiger partial charge in [0.1, 0.15) is 0 Å². The van der Waals surface area contributed by atoms with Gasteiger partial charge < -0.3 is 20.1 Å². The van der Waals surface area contributed by atoms with Gasteiger partial charge in [0.15, 0.2) is 11.5 Å². The number of ether oxygens (including phenoxy) is 2. The van der Waals surface area contributed by atoms with E-state index in [2.05, 4.69) is 15.6 Å². The molecule has 0 saturated carbocycles. The Hall–Kier alpha value is -4.39. The van der Waals surface area contributed by atoms with Crippen molar-refractivity contribution in [1.29, 1.82) is 0 Å². The summed E-state index contributed by atoms with van der Waals surface area (Å²) >= 11 is 0. The molecule has 7 nitrogen and oxygen atoms in total. The number of aryl methyl sites for hydroxylation is 1. The maximum atomic E-state index is 13.1. The molecule has 164 valence electrons. The van der Waals surface area contributed by atoms with Gasteiger partial charge in [-0.2, -0.15) is 0 Å². The Labute approximate surface area is 190 Å². The van der Waals surface area contributed by atoms with Crippen molar-refractivity contribution in [3.8, 4) is 11.5 Å². The second kappa shape index (κ2) is 8.63. The highest BCUT2D eigenvalue weighted by atomic mass is 16.7. The molecule has 1 aromatic heterocycles. The van der Waals surface area contributed by atoms with Crippen LogP contribution in [-0.2, 0) is 6.54 Å². The van der Waals surface area contributed by atoms with Gasteiger partial charge in [-0.05, 0) is 48.9 Å². The Bertz CT molecular complexity index is 1380. The molecule has 2 amide bonds. The topological polar surface area (TPSA) is 89.6 Å². The molecule has 4 aromatic rings. The van der Waals surface area contributed by atoms with Crippen molar-refractivity contribution in [1.82, 2.24) is 10.3 Å². The van der Waals surface area contributed by atoms with Crippen LogP contribution in [0.3, 0.4) is 0 Å². The molecular weight excluding hydrogens is 418 g/mol. The number of hydrogen-bond acceptors (Lipinski definition) is 5. The van der Waals surface area contributed by atoms with Crippen molar-refractivity contribution in [2.75, 3.05) is 12.1 Å². The molecule has 0 saturated heterocycles. The van der Waals surface area contributed by atoms with Gasteiger partial charge in [-0.3, -0.25) is 14.6 Å². The normalized spacial score (nSPS) is 11.9. The van der Waals surface area contributed by atoms with E-state index >= 15 is 0 Å². The van der Waals surface area contributed by atoms with Crippen molar-refractivity contribution in [2.24, 2.45) is 0 Å². The van der Waals surface area contributed by atoms with Gasteiger partial charge >= 0.3 is 0 Å². The van der Waals surface area contributed by atoms with Crippen molar-refractivity contribution < 1.29 is 19.1 Å².